The highest BCUT2D eigenvalue weighted by atomic mass is 16.6. The van der Waals surface area contributed by atoms with Crippen LogP contribution in [0.2, 0.25) is 0 Å². The van der Waals surface area contributed by atoms with E-state index in [9.17, 15) is 4.79 Å². The predicted octanol–water partition coefficient (Wildman–Crippen LogP) is 3.28. The Morgan fingerprint density at radius 3 is 2.29 bits per heavy atom. The summed E-state index contributed by atoms with van der Waals surface area (Å²) in [4.78, 5) is 21.6. The van der Waals surface area contributed by atoms with Gasteiger partial charge >= 0.3 is 6.09 Å². The lowest BCUT2D eigenvalue weighted by atomic mass is 10.1. The van der Waals surface area contributed by atoms with E-state index in [0.29, 0.717) is 13.2 Å². The monoisotopic (exact) mass is 422 g/mol. The number of hydrogen-bond acceptors (Lipinski definition) is 5. The van der Waals surface area contributed by atoms with Crippen LogP contribution in [0, 0.1) is 0 Å². The molecule has 0 aliphatic carbocycles. The maximum absolute atomic E-state index is 12.5. The van der Waals surface area contributed by atoms with Crippen molar-refractivity contribution in [1.29, 1.82) is 0 Å². The molecule has 166 valence electrons. The van der Waals surface area contributed by atoms with E-state index in [4.69, 9.17) is 4.74 Å². The van der Waals surface area contributed by atoms with E-state index in [1.165, 1.54) is 11.3 Å². The summed E-state index contributed by atoms with van der Waals surface area (Å²) in [6.45, 7) is 9.15. The summed E-state index contributed by atoms with van der Waals surface area (Å²) >= 11 is 0. The van der Waals surface area contributed by atoms with Crippen molar-refractivity contribution in [1.82, 2.24) is 14.7 Å². The molecule has 31 heavy (non-hydrogen) atoms. The summed E-state index contributed by atoms with van der Waals surface area (Å²) < 4.78 is 5.52. The van der Waals surface area contributed by atoms with Crippen LogP contribution in [0.4, 0.5) is 10.5 Å². The molecular weight excluding hydrogens is 388 g/mol. The fourth-order valence-corrected chi connectivity index (χ4v) is 4.25. The van der Waals surface area contributed by atoms with E-state index in [2.05, 4.69) is 46.0 Å². The molecule has 0 aromatic heterocycles. The van der Waals surface area contributed by atoms with Crippen molar-refractivity contribution in [3.8, 4) is 0 Å². The van der Waals surface area contributed by atoms with Gasteiger partial charge in [-0.05, 0) is 36.7 Å². The highest BCUT2D eigenvalue weighted by Crippen LogP contribution is 2.19. The van der Waals surface area contributed by atoms with Gasteiger partial charge in [-0.15, -0.1) is 0 Å². The lowest BCUT2D eigenvalue weighted by Gasteiger charge is -2.32. The topological polar surface area (TPSA) is 39.3 Å². The first-order valence-electron chi connectivity index (χ1n) is 11.4. The Hall–Kier alpha value is -2.57. The molecule has 2 heterocycles. The third-order valence-corrected chi connectivity index (χ3v) is 6.26. The first-order valence-corrected chi connectivity index (χ1v) is 11.4. The van der Waals surface area contributed by atoms with Gasteiger partial charge in [0, 0.05) is 64.6 Å². The molecule has 0 unspecified atom stereocenters. The fourth-order valence-electron chi connectivity index (χ4n) is 4.25. The van der Waals surface area contributed by atoms with Crippen molar-refractivity contribution in [2.45, 2.75) is 19.6 Å². The number of amides is 1. The minimum Gasteiger partial charge on any atom is -0.445 e. The number of rotatable bonds is 5. The van der Waals surface area contributed by atoms with E-state index in [1.54, 1.807) is 0 Å². The Balaban J connectivity index is 1.25. The molecule has 2 saturated heterocycles. The standard InChI is InChI=1S/C25H34N4O2/c1-26-14-16-27(17-15-26)20-22-8-10-24(11-9-22)28-12-5-13-29(19-18-28)25(30)31-21-23-6-3-2-4-7-23/h2-4,6-11H,5,12-21H2,1H3. The van der Waals surface area contributed by atoms with E-state index < -0.39 is 0 Å². The predicted molar refractivity (Wildman–Crippen MR) is 124 cm³/mol. The molecule has 0 spiro atoms. The molecule has 2 aromatic carbocycles. The average Bonchev–Trinajstić information content (AvgIpc) is 3.07. The second kappa shape index (κ2) is 10.6. The summed E-state index contributed by atoms with van der Waals surface area (Å²) in [6, 6.07) is 18.8. The third kappa shape index (κ3) is 6.21. The number of hydrogen-bond donors (Lipinski definition) is 0. The van der Waals surface area contributed by atoms with Gasteiger partial charge in [0.25, 0.3) is 0 Å². The van der Waals surface area contributed by atoms with Crippen LogP contribution in [0.25, 0.3) is 0 Å². The molecule has 0 radical (unpaired) electrons. The number of ether oxygens (including phenoxy) is 1. The molecule has 0 atom stereocenters. The van der Waals surface area contributed by atoms with Gasteiger partial charge < -0.3 is 19.4 Å². The normalized spacial score (nSPS) is 18.6. The summed E-state index contributed by atoms with van der Waals surface area (Å²) in [6.07, 6.45) is 0.733. The summed E-state index contributed by atoms with van der Waals surface area (Å²) in [5.41, 5.74) is 3.62. The quantitative estimate of drug-likeness (QED) is 0.740. The van der Waals surface area contributed by atoms with Gasteiger partial charge in [-0.1, -0.05) is 42.5 Å². The van der Waals surface area contributed by atoms with Crippen molar-refractivity contribution >= 4 is 11.8 Å². The first-order chi connectivity index (χ1) is 15.2. The minimum absolute atomic E-state index is 0.215. The summed E-state index contributed by atoms with van der Waals surface area (Å²) in [5, 5.41) is 0. The largest absolute Gasteiger partial charge is 0.445 e. The lowest BCUT2D eigenvalue weighted by Crippen LogP contribution is -2.43. The Morgan fingerprint density at radius 1 is 0.806 bits per heavy atom. The molecule has 0 bridgehead atoms. The summed E-state index contributed by atoms with van der Waals surface area (Å²) in [5.74, 6) is 0. The van der Waals surface area contributed by atoms with Gasteiger partial charge in [-0.25, -0.2) is 4.79 Å². The van der Waals surface area contributed by atoms with Gasteiger partial charge in [0.15, 0.2) is 0 Å². The van der Waals surface area contributed by atoms with Crippen LogP contribution in [0.1, 0.15) is 17.5 Å². The molecule has 4 rings (SSSR count). The number of anilines is 1. The number of carbonyl (C=O) groups excluding carboxylic acids is 1. The van der Waals surface area contributed by atoms with Crippen LogP contribution in [0.15, 0.2) is 54.6 Å². The molecule has 2 aliphatic rings. The molecule has 6 nitrogen and oxygen atoms in total. The minimum atomic E-state index is -0.215. The van der Waals surface area contributed by atoms with Gasteiger partial charge in [0.1, 0.15) is 6.61 Å². The molecular formula is C25H34N4O2. The Bertz CT molecular complexity index is 819. The number of nitrogens with zero attached hydrogens (tertiary/aromatic N) is 4. The number of carbonyl (C=O) groups is 1. The van der Waals surface area contributed by atoms with Crippen LogP contribution in [-0.2, 0) is 17.9 Å². The Kier molecular flexibility index (Phi) is 7.43. The van der Waals surface area contributed by atoms with Crippen molar-refractivity contribution in [2.24, 2.45) is 0 Å². The molecule has 2 fully saturated rings. The SMILES string of the molecule is CN1CCN(Cc2ccc(N3CCCN(C(=O)OCc4ccccc4)CC3)cc2)CC1. The molecule has 0 saturated carbocycles. The molecule has 6 heteroatoms. The maximum Gasteiger partial charge on any atom is 0.410 e. The van der Waals surface area contributed by atoms with Gasteiger partial charge in [0.05, 0.1) is 0 Å². The van der Waals surface area contributed by atoms with Crippen molar-refractivity contribution in [3.05, 3.63) is 65.7 Å². The zero-order valence-electron chi connectivity index (χ0n) is 18.6. The molecule has 0 N–H and O–H groups in total. The molecule has 1 amide bonds. The van der Waals surface area contributed by atoms with E-state index in [-0.39, 0.29) is 6.09 Å². The van der Waals surface area contributed by atoms with Crippen LogP contribution in [0.3, 0.4) is 0 Å². The van der Waals surface area contributed by atoms with Gasteiger partial charge in [-0.3, -0.25) is 4.90 Å². The van der Waals surface area contributed by atoms with E-state index in [1.807, 2.05) is 35.2 Å². The second-order valence-electron chi connectivity index (χ2n) is 8.61. The zero-order chi connectivity index (χ0) is 21.5. The first kappa shape index (κ1) is 21.7. The fraction of sp³-hybridized carbons (Fsp3) is 0.480. The van der Waals surface area contributed by atoms with Crippen molar-refractivity contribution in [3.63, 3.8) is 0 Å². The highest BCUT2D eigenvalue weighted by molar-refractivity contribution is 5.67. The number of piperazine rings is 1. The highest BCUT2D eigenvalue weighted by Gasteiger charge is 2.21. The lowest BCUT2D eigenvalue weighted by molar-refractivity contribution is 0.0986. The average molecular weight is 423 g/mol. The van der Waals surface area contributed by atoms with Crippen LogP contribution in [-0.4, -0.2) is 80.2 Å². The Morgan fingerprint density at radius 2 is 1.55 bits per heavy atom. The second-order valence-corrected chi connectivity index (χ2v) is 8.61. The van der Waals surface area contributed by atoms with Crippen molar-refractivity contribution < 1.29 is 9.53 Å². The molecule has 2 aromatic rings. The van der Waals surface area contributed by atoms with Gasteiger partial charge in [0.2, 0.25) is 0 Å². The molecule has 2 aliphatic heterocycles. The smallest absolute Gasteiger partial charge is 0.410 e. The van der Waals surface area contributed by atoms with Crippen LogP contribution in [0.5, 0.6) is 0 Å². The number of benzene rings is 2. The number of likely N-dealkylation sites (N-methyl/N-ethyl adjacent to an activating group) is 1. The van der Waals surface area contributed by atoms with Crippen LogP contribution < -0.4 is 4.90 Å². The van der Waals surface area contributed by atoms with Crippen LogP contribution >= 0.6 is 0 Å². The van der Waals surface area contributed by atoms with Gasteiger partial charge in [-0.2, -0.15) is 0 Å². The van der Waals surface area contributed by atoms with Crippen molar-refractivity contribution in [2.75, 3.05) is 64.3 Å². The Labute approximate surface area is 186 Å². The van der Waals surface area contributed by atoms with E-state index in [0.717, 1.165) is 64.3 Å². The van der Waals surface area contributed by atoms with E-state index >= 15 is 0 Å². The maximum atomic E-state index is 12.5. The third-order valence-electron chi connectivity index (χ3n) is 6.26. The summed E-state index contributed by atoms with van der Waals surface area (Å²) in [7, 11) is 2.19. The zero-order valence-corrected chi connectivity index (χ0v) is 18.6.